The number of hydrogen-bond donors (Lipinski definition) is 2. The molecule has 0 heterocycles. The molecule has 6 heteroatoms. The molecule has 0 aliphatic carbocycles. The van der Waals surface area contributed by atoms with Crippen molar-refractivity contribution < 1.29 is 13.5 Å². The molecular weight excluding hydrogens is 294 g/mol. The predicted molar refractivity (Wildman–Crippen MR) is 65.6 cm³/mol. The van der Waals surface area contributed by atoms with Gasteiger partial charge in [0.25, 0.3) is 0 Å². The first-order valence-electron chi connectivity index (χ1n) is 4.89. The van der Waals surface area contributed by atoms with Crippen molar-refractivity contribution in [3.63, 3.8) is 0 Å². The molecule has 1 aromatic carbocycles. The molecule has 0 aliphatic rings. The quantitative estimate of drug-likeness (QED) is 0.866. The van der Waals surface area contributed by atoms with Crippen LogP contribution in [-0.4, -0.2) is 26.2 Å². The van der Waals surface area contributed by atoms with E-state index in [9.17, 15) is 13.5 Å². The van der Waals surface area contributed by atoms with Gasteiger partial charge in [0.05, 0.1) is 11.0 Å². The van der Waals surface area contributed by atoms with Crippen LogP contribution < -0.4 is 4.72 Å². The summed E-state index contributed by atoms with van der Waals surface area (Å²) in [5.41, 5.74) is 0. The lowest BCUT2D eigenvalue weighted by molar-refractivity contribution is 0.174. The molecule has 0 radical (unpaired) electrons. The van der Waals surface area contributed by atoms with Crippen molar-refractivity contribution in [2.45, 2.75) is 24.3 Å². The Labute approximate surface area is 104 Å². The number of benzene rings is 1. The second-order valence-electron chi connectivity index (χ2n) is 3.37. The monoisotopic (exact) mass is 307 g/mol. The highest BCUT2D eigenvalue weighted by Gasteiger charge is 2.15. The Morgan fingerprint density at radius 3 is 2.75 bits per heavy atom. The number of hydrogen-bond acceptors (Lipinski definition) is 3. The van der Waals surface area contributed by atoms with E-state index in [0.717, 1.165) is 0 Å². The molecular formula is C10H14BrNO3S. The van der Waals surface area contributed by atoms with Gasteiger partial charge in [-0.25, -0.2) is 13.1 Å². The molecule has 2 N–H and O–H groups in total. The summed E-state index contributed by atoms with van der Waals surface area (Å²) in [6.07, 6.45) is -0.136. The van der Waals surface area contributed by atoms with Crippen LogP contribution in [0.4, 0.5) is 0 Å². The van der Waals surface area contributed by atoms with Gasteiger partial charge in [-0.1, -0.05) is 28.9 Å². The second-order valence-corrected chi connectivity index (χ2v) is 6.05. The van der Waals surface area contributed by atoms with Crippen molar-refractivity contribution in [2.75, 3.05) is 6.54 Å². The standard InChI is InChI=1S/C10H14BrNO3S/c1-2-9(13)7-12-16(14,15)10-5-3-4-8(11)6-10/h3-6,9,12-13H,2,7H2,1H3. The van der Waals surface area contributed by atoms with Crippen molar-refractivity contribution in [3.8, 4) is 0 Å². The van der Waals surface area contributed by atoms with Crippen LogP contribution in [0.1, 0.15) is 13.3 Å². The Morgan fingerprint density at radius 1 is 1.50 bits per heavy atom. The normalized spacial score (nSPS) is 13.7. The van der Waals surface area contributed by atoms with E-state index in [1.54, 1.807) is 19.1 Å². The second kappa shape index (κ2) is 5.77. The third kappa shape index (κ3) is 3.86. The van der Waals surface area contributed by atoms with E-state index in [4.69, 9.17) is 0 Å². The molecule has 0 aromatic heterocycles. The van der Waals surface area contributed by atoms with Gasteiger partial charge < -0.3 is 5.11 Å². The molecule has 0 saturated heterocycles. The molecule has 1 rings (SSSR count). The minimum Gasteiger partial charge on any atom is -0.392 e. The summed E-state index contributed by atoms with van der Waals surface area (Å²) in [6.45, 7) is 1.82. The van der Waals surface area contributed by atoms with Gasteiger partial charge >= 0.3 is 0 Å². The summed E-state index contributed by atoms with van der Waals surface area (Å²) < 4.78 is 26.6. The maximum Gasteiger partial charge on any atom is 0.240 e. The Hall–Kier alpha value is -0.430. The third-order valence-electron chi connectivity index (χ3n) is 2.09. The fraction of sp³-hybridized carbons (Fsp3) is 0.400. The van der Waals surface area contributed by atoms with Crippen LogP contribution in [0.5, 0.6) is 0 Å². The Bertz CT molecular complexity index is 447. The number of halogens is 1. The van der Waals surface area contributed by atoms with E-state index in [1.165, 1.54) is 12.1 Å². The lowest BCUT2D eigenvalue weighted by atomic mass is 10.3. The first-order valence-corrected chi connectivity index (χ1v) is 7.16. The molecule has 0 saturated carbocycles. The summed E-state index contributed by atoms with van der Waals surface area (Å²) in [7, 11) is -3.53. The highest BCUT2D eigenvalue weighted by Crippen LogP contribution is 2.15. The SMILES string of the molecule is CCC(O)CNS(=O)(=O)c1cccc(Br)c1. The van der Waals surface area contributed by atoms with Crippen molar-refractivity contribution in [1.82, 2.24) is 4.72 Å². The van der Waals surface area contributed by atoms with Gasteiger partial charge in [0.1, 0.15) is 0 Å². The summed E-state index contributed by atoms with van der Waals surface area (Å²) in [6, 6.07) is 6.42. The van der Waals surface area contributed by atoms with Gasteiger partial charge in [0.15, 0.2) is 0 Å². The average Bonchev–Trinajstić information content (AvgIpc) is 2.26. The largest absolute Gasteiger partial charge is 0.392 e. The molecule has 0 amide bonds. The Balaban J connectivity index is 2.78. The average molecular weight is 308 g/mol. The van der Waals surface area contributed by atoms with Gasteiger partial charge in [-0.15, -0.1) is 0 Å². The van der Waals surface area contributed by atoms with Crippen LogP contribution in [0.15, 0.2) is 33.6 Å². The molecule has 0 fully saturated rings. The minimum absolute atomic E-state index is 0.0331. The molecule has 90 valence electrons. The summed E-state index contributed by atoms with van der Waals surface area (Å²) in [5, 5.41) is 9.29. The van der Waals surface area contributed by atoms with Crippen LogP contribution >= 0.6 is 15.9 Å². The van der Waals surface area contributed by atoms with Crippen LogP contribution in [0.2, 0.25) is 0 Å². The Kier molecular flexibility index (Phi) is 4.91. The Morgan fingerprint density at radius 2 is 2.19 bits per heavy atom. The number of rotatable bonds is 5. The fourth-order valence-corrected chi connectivity index (χ4v) is 2.74. The van der Waals surface area contributed by atoms with Crippen molar-refractivity contribution in [1.29, 1.82) is 0 Å². The van der Waals surface area contributed by atoms with E-state index in [2.05, 4.69) is 20.7 Å². The van der Waals surface area contributed by atoms with E-state index in [1.807, 2.05) is 0 Å². The number of sulfonamides is 1. The van der Waals surface area contributed by atoms with Gasteiger partial charge in [0.2, 0.25) is 10.0 Å². The van der Waals surface area contributed by atoms with Gasteiger partial charge in [-0.2, -0.15) is 0 Å². The van der Waals surface area contributed by atoms with E-state index >= 15 is 0 Å². The first kappa shape index (κ1) is 13.6. The molecule has 0 bridgehead atoms. The molecule has 1 atom stereocenters. The lowest BCUT2D eigenvalue weighted by Crippen LogP contribution is -2.31. The number of nitrogens with one attached hydrogen (secondary N) is 1. The molecule has 4 nitrogen and oxygen atoms in total. The molecule has 1 unspecified atom stereocenters. The zero-order valence-corrected chi connectivity index (χ0v) is 11.3. The van der Waals surface area contributed by atoms with Gasteiger partial charge in [-0.05, 0) is 24.6 Å². The summed E-state index contributed by atoms with van der Waals surface area (Å²) in [4.78, 5) is 0.185. The van der Waals surface area contributed by atoms with Crippen molar-refractivity contribution >= 4 is 26.0 Å². The summed E-state index contributed by atoms with van der Waals surface area (Å²) >= 11 is 3.21. The minimum atomic E-state index is -3.53. The topological polar surface area (TPSA) is 66.4 Å². The van der Waals surface area contributed by atoms with E-state index < -0.39 is 16.1 Å². The number of aliphatic hydroxyl groups excluding tert-OH is 1. The molecule has 16 heavy (non-hydrogen) atoms. The molecule has 0 aliphatic heterocycles. The maximum absolute atomic E-state index is 11.8. The lowest BCUT2D eigenvalue weighted by Gasteiger charge is -2.10. The molecule has 1 aromatic rings. The molecule has 0 spiro atoms. The zero-order valence-electron chi connectivity index (χ0n) is 8.85. The van der Waals surface area contributed by atoms with Crippen LogP contribution in [0.25, 0.3) is 0 Å². The van der Waals surface area contributed by atoms with Crippen LogP contribution in [0, 0.1) is 0 Å². The first-order chi connectivity index (χ1) is 7.45. The number of aliphatic hydroxyl groups is 1. The smallest absolute Gasteiger partial charge is 0.240 e. The highest BCUT2D eigenvalue weighted by molar-refractivity contribution is 9.10. The third-order valence-corrected chi connectivity index (χ3v) is 4.00. The van der Waals surface area contributed by atoms with E-state index in [0.29, 0.717) is 10.9 Å². The van der Waals surface area contributed by atoms with E-state index in [-0.39, 0.29) is 11.4 Å². The zero-order chi connectivity index (χ0) is 12.2. The highest BCUT2D eigenvalue weighted by atomic mass is 79.9. The fourth-order valence-electron chi connectivity index (χ4n) is 1.07. The summed E-state index contributed by atoms with van der Waals surface area (Å²) in [5.74, 6) is 0. The predicted octanol–water partition coefficient (Wildman–Crippen LogP) is 1.50. The maximum atomic E-state index is 11.8. The van der Waals surface area contributed by atoms with Crippen molar-refractivity contribution in [2.24, 2.45) is 0 Å². The van der Waals surface area contributed by atoms with Crippen LogP contribution in [-0.2, 0) is 10.0 Å². The van der Waals surface area contributed by atoms with Gasteiger partial charge in [0, 0.05) is 11.0 Å². The van der Waals surface area contributed by atoms with Gasteiger partial charge in [-0.3, -0.25) is 0 Å². The van der Waals surface area contributed by atoms with Crippen molar-refractivity contribution in [3.05, 3.63) is 28.7 Å². The van der Waals surface area contributed by atoms with Crippen LogP contribution in [0.3, 0.4) is 0 Å².